The molecule has 0 aliphatic rings. The Labute approximate surface area is 107 Å². The van der Waals surface area contributed by atoms with Gasteiger partial charge in [0.1, 0.15) is 11.6 Å². The van der Waals surface area contributed by atoms with E-state index in [2.05, 4.69) is 0 Å². The largest absolute Gasteiger partial charge is 0.496 e. The van der Waals surface area contributed by atoms with Gasteiger partial charge in [-0.15, -0.1) is 0 Å². The quantitative estimate of drug-likeness (QED) is 0.418. The molecule has 0 atom stereocenters. The second-order valence-electron chi connectivity index (χ2n) is 3.69. The monoisotopic (exact) mass is 252 g/mol. The average molecular weight is 252 g/mol. The molecule has 3 N–H and O–H groups in total. The number of ether oxygens (including phenoxy) is 3. The van der Waals surface area contributed by atoms with Crippen LogP contribution in [-0.4, -0.2) is 32.8 Å². The summed E-state index contributed by atoms with van der Waals surface area (Å²) in [4.78, 5) is 0. The van der Waals surface area contributed by atoms with E-state index in [9.17, 15) is 0 Å². The third-order valence-corrected chi connectivity index (χ3v) is 2.43. The molecule has 1 aromatic rings. The summed E-state index contributed by atoms with van der Waals surface area (Å²) in [6, 6.07) is 5.35. The zero-order valence-corrected chi connectivity index (χ0v) is 10.9. The lowest BCUT2D eigenvalue weighted by Crippen LogP contribution is -2.12. The van der Waals surface area contributed by atoms with Crippen LogP contribution in [0.5, 0.6) is 5.75 Å². The van der Waals surface area contributed by atoms with Crippen molar-refractivity contribution >= 4 is 5.84 Å². The van der Waals surface area contributed by atoms with E-state index < -0.39 is 0 Å². The Morgan fingerprint density at radius 3 is 2.61 bits per heavy atom. The topological polar surface area (TPSA) is 77.6 Å². The van der Waals surface area contributed by atoms with Gasteiger partial charge in [0.05, 0.1) is 26.9 Å². The van der Waals surface area contributed by atoms with Gasteiger partial charge in [0.15, 0.2) is 0 Å². The number of amidine groups is 1. The molecule has 100 valence electrons. The summed E-state index contributed by atoms with van der Waals surface area (Å²) >= 11 is 0. The van der Waals surface area contributed by atoms with Crippen LogP contribution in [0.1, 0.15) is 18.1 Å². The van der Waals surface area contributed by atoms with Crippen LogP contribution in [0, 0.1) is 5.41 Å². The molecule has 0 aromatic heterocycles. The zero-order valence-electron chi connectivity index (χ0n) is 10.9. The van der Waals surface area contributed by atoms with Crippen LogP contribution in [0.2, 0.25) is 0 Å². The number of nitrogens with one attached hydrogen (secondary N) is 1. The highest BCUT2D eigenvalue weighted by Gasteiger charge is 2.06. The van der Waals surface area contributed by atoms with Gasteiger partial charge in [-0.1, -0.05) is 0 Å². The van der Waals surface area contributed by atoms with Gasteiger partial charge >= 0.3 is 0 Å². The summed E-state index contributed by atoms with van der Waals surface area (Å²) in [5, 5.41) is 7.40. The normalized spacial score (nSPS) is 10.3. The van der Waals surface area contributed by atoms with E-state index in [0.29, 0.717) is 32.0 Å². The maximum atomic E-state index is 7.40. The van der Waals surface area contributed by atoms with Crippen molar-refractivity contribution in [2.45, 2.75) is 13.5 Å². The van der Waals surface area contributed by atoms with Gasteiger partial charge in [-0.05, 0) is 25.1 Å². The minimum atomic E-state index is 0.0354. The van der Waals surface area contributed by atoms with Crippen LogP contribution in [0.15, 0.2) is 18.2 Å². The maximum Gasteiger partial charge on any atom is 0.124 e. The minimum Gasteiger partial charge on any atom is -0.496 e. The average Bonchev–Trinajstić information content (AvgIpc) is 2.38. The number of benzene rings is 1. The van der Waals surface area contributed by atoms with Crippen LogP contribution in [0.3, 0.4) is 0 Å². The van der Waals surface area contributed by atoms with Crippen LogP contribution in [0.4, 0.5) is 0 Å². The number of hydrogen-bond acceptors (Lipinski definition) is 4. The fourth-order valence-corrected chi connectivity index (χ4v) is 1.50. The number of methoxy groups -OCH3 is 1. The molecule has 0 heterocycles. The molecule has 0 saturated heterocycles. The molecule has 0 radical (unpaired) electrons. The molecule has 0 aliphatic carbocycles. The van der Waals surface area contributed by atoms with Gasteiger partial charge in [-0.25, -0.2) is 0 Å². The molecule has 0 amide bonds. The Morgan fingerprint density at radius 1 is 1.28 bits per heavy atom. The summed E-state index contributed by atoms with van der Waals surface area (Å²) in [7, 11) is 1.60. The standard InChI is InChI=1S/C13H20N2O3/c1-3-17-6-7-18-9-11-8-10(13(14)15)4-5-12(11)16-2/h4-5,8H,3,6-7,9H2,1-2H3,(H3,14,15). The summed E-state index contributed by atoms with van der Waals surface area (Å²) < 4.78 is 15.9. The maximum absolute atomic E-state index is 7.40. The number of nitrogen functional groups attached to an aromatic ring is 1. The van der Waals surface area contributed by atoms with Gasteiger partial charge in [0.2, 0.25) is 0 Å². The summed E-state index contributed by atoms with van der Waals surface area (Å²) in [5.74, 6) is 0.768. The van der Waals surface area contributed by atoms with Crippen molar-refractivity contribution in [3.63, 3.8) is 0 Å². The third-order valence-electron chi connectivity index (χ3n) is 2.43. The third kappa shape index (κ3) is 4.35. The Morgan fingerprint density at radius 2 is 2.00 bits per heavy atom. The van der Waals surface area contributed by atoms with Crippen molar-refractivity contribution in [2.24, 2.45) is 5.73 Å². The molecule has 18 heavy (non-hydrogen) atoms. The van der Waals surface area contributed by atoms with Crippen molar-refractivity contribution in [3.05, 3.63) is 29.3 Å². The van der Waals surface area contributed by atoms with Gasteiger partial charge in [0, 0.05) is 17.7 Å². The molecule has 0 spiro atoms. The van der Waals surface area contributed by atoms with Crippen LogP contribution >= 0.6 is 0 Å². The lowest BCUT2D eigenvalue weighted by molar-refractivity contribution is 0.0446. The molecular formula is C13H20N2O3. The first kappa shape index (κ1) is 14.5. The zero-order chi connectivity index (χ0) is 13.4. The highest BCUT2D eigenvalue weighted by Crippen LogP contribution is 2.20. The number of nitrogens with two attached hydrogens (primary N) is 1. The predicted molar refractivity (Wildman–Crippen MR) is 70.2 cm³/mol. The first-order valence-corrected chi connectivity index (χ1v) is 5.85. The van der Waals surface area contributed by atoms with Crippen molar-refractivity contribution < 1.29 is 14.2 Å². The predicted octanol–water partition coefficient (Wildman–Crippen LogP) is 1.53. The van der Waals surface area contributed by atoms with E-state index in [1.807, 2.05) is 13.0 Å². The van der Waals surface area contributed by atoms with E-state index in [0.717, 1.165) is 11.3 Å². The van der Waals surface area contributed by atoms with Crippen LogP contribution in [0.25, 0.3) is 0 Å². The Balaban J connectivity index is 2.61. The first-order valence-electron chi connectivity index (χ1n) is 5.85. The van der Waals surface area contributed by atoms with Crippen LogP contribution in [-0.2, 0) is 16.1 Å². The summed E-state index contributed by atoms with van der Waals surface area (Å²) in [5.41, 5.74) is 6.99. The van der Waals surface area contributed by atoms with E-state index in [4.69, 9.17) is 25.4 Å². The van der Waals surface area contributed by atoms with Crippen LogP contribution < -0.4 is 10.5 Å². The van der Waals surface area contributed by atoms with Gasteiger partial charge in [-0.2, -0.15) is 0 Å². The Hall–Kier alpha value is -1.59. The fraction of sp³-hybridized carbons (Fsp3) is 0.462. The second kappa shape index (κ2) is 7.68. The lowest BCUT2D eigenvalue weighted by atomic mass is 10.1. The molecule has 0 saturated carbocycles. The molecule has 0 bridgehead atoms. The van der Waals surface area contributed by atoms with Gasteiger partial charge in [0.25, 0.3) is 0 Å². The Bertz CT molecular complexity index is 394. The molecule has 5 heteroatoms. The SMILES string of the molecule is CCOCCOCc1cc(C(=N)N)ccc1OC. The lowest BCUT2D eigenvalue weighted by Gasteiger charge is -2.11. The molecule has 0 unspecified atom stereocenters. The Kier molecular flexibility index (Phi) is 6.18. The number of rotatable bonds is 8. The fourth-order valence-electron chi connectivity index (χ4n) is 1.50. The molecule has 5 nitrogen and oxygen atoms in total. The molecule has 1 rings (SSSR count). The van der Waals surface area contributed by atoms with E-state index in [1.54, 1.807) is 19.2 Å². The van der Waals surface area contributed by atoms with E-state index in [-0.39, 0.29) is 5.84 Å². The second-order valence-corrected chi connectivity index (χ2v) is 3.69. The molecule has 0 fully saturated rings. The smallest absolute Gasteiger partial charge is 0.124 e. The first-order chi connectivity index (χ1) is 8.69. The summed E-state index contributed by atoms with van der Waals surface area (Å²) in [6.07, 6.45) is 0. The van der Waals surface area contributed by atoms with Gasteiger partial charge < -0.3 is 19.9 Å². The van der Waals surface area contributed by atoms with E-state index in [1.165, 1.54) is 0 Å². The minimum absolute atomic E-state index is 0.0354. The van der Waals surface area contributed by atoms with Crippen molar-refractivity contribution in [2.75, 3.05) is 26.9 Å². The summed E-state index contributed by atoms with van der Waals surface area (Å²) in [6.45, 7) is 4.15. The molecular weight excluding hydrogens is 232 g/mol. The van der Waals surface area contributed by atoms with E-state index >= 15 is 0 Å². The highest BCUT2D eigenvalue weighted by molar-refractivity contribution is 5.95. The number of hydrogen-bond donors (Lipinski definition) is 2. The molecule has 0 aliphatic heterocycles. The van der Waals surface area contributed by atoms with Gasteiger partial charge in [-0.3, -0.25) is 5.41 Å². The highest BCUT2D eigenvalue weighted by atomic mass is 16.5. The van der Waals surface area contributed by atoms with Crippen molar-refractivity contribution in [1.82, 2.24) is 0 Å². The molecule has 1 aromatic carbocycles. The van der Waals surface area contributed by atoms with Crippen molar-refractivity contribution in [3.8, 4) is 5.75 Å². The van der Waals surface area contributed by atoms with Crippen molar-refractivity contribution in [1.29, 1.82) is 5.41 Å².